The van der Waals surface area contributed by atoms with E-state index >= 15 is 0 Å². The van der Waals surface area contributed by atoms with Gasteiger partial charge in [-0.05, 0) is 63.0 Å². The van der Waals surface area contributed by atoms with Crippen molar-refractivity contribution < 1.29 is 9.13 Å². The van der Waals surface area contributed by atoms with Gasteiger partial charge in [-0.2, -0.15) is 5.26 Å². The van der Waals surface area contributed by atoms with Crippen LogP contribution in [-0.2, 0) is 11.2 Å². The van der Waals surface area contributed by atoms with E-state index in [0.29, 0.717) is 29.6 Å². The molecule has 0 bridgehead atoms. The molecular formula is C25H31ClFN5O. The number of ether oxygens (including phenoxy) is 1. The summed E-state index contributed by atoms with van der Waals surface area (Å²) >= 11 is 6.35. The molecule has 8 heteroatoms. The van der Waals surface area contributed by atoms with Gasteiger partial charge in [0.2, 0.25) is 0 Å². The molecule has 0 saturated heterocycles. The van der Waals surface area contributed by atoms with E-state index in [2.05, 4.69) is 26.7 Å². The molecule has 2 aromatic heterocycles. The van der Waals surface area contributed by atoms with Gasteiger partial charge in [0.1, 0.15) is 11.0 Å². The van der Waals surface area contributed by atoms with Gasteiger partial charge < -0.3 is 15.4 Å². The van der Waals surface area contributed by atoms with Gasteiger partial charge in [0.15, 0.2) is 0 Å². The molecule has 0 amide bonds. The van der Waals surface area contributed by atoms with Crippen LogP contribution in [0.25, 0.3) is 11.1 Å². The zero-order valence-electron chi connectivity index (χ0n) is 19.0. The van der Waals surface area contributed by atoms with Gasteiger partial charge in [-0.3, -0.25) is 4.98 Å². The molecule has 2 aliphatic rings. The Labute approximate surface area is 199 Å². The summed E-state index contributed by atoms with van der Waals surface area (Å²) < 4.78 is 19.9. The Balaban J connectivity index is 1.41. The number of methoxy groups -OCH3 is 1. The molecular weight excluding hydrogens is 441 g/mol. The lowest BCUT2D eigenvalue weighted by molar-refractivity contribution is 0.188. The smallest absolute Gasteiger partial charge is 0.149 e. The summed E-state index contributed by atoms with van der Waals surface area (Å²) in [5.41, 5.74) is 2.27. The second kappa shape index (κ2) is 10.8. The highest BCUT2D eigenvalue weighted by Crippen LogP contribution is 2.45. The highest BCUT2D eigenvalue weighted by molar-refractivity contribution is 6.32. The number of rotatable bonds is 10. The second-order valence-corrected chi connectivity index (χ2v) is 9.69. The molecule has 2 heterocycles. The highest BCUT2D eigenvalue weighted by atomic mass is 35.5. The number of nitriles is 1. The summed E-state index contributed by atoms with van der Waals surface area (Å²) in [6.45, 7) is 2.17. The fourth-order valence-electron chi connectivity index (χ4n) is 4.52. The Morgan fingerprint density at radius 2 is 1.97 bits per heavy atom. The van der Waals surface area contributed by atoms with E-state index in [9.17, 15) is 9.65 Å². The predicted molar refractivity (Wildman–Crippen MR) is 128 cm³/mol. The maximum atomic E-state index is 14.8. The molecule has 0 aliphatic heterocycles. The SMILES string of the molecule is COCCNC1CCC(Cc2cc(-c3cc(NCC4(C#N)CC4)cnc3Cl)c(F)cn2)CC1. The van der Waals surface area contributed by atoms with Gasteiger partial charge in [-0.1, -0.05) is 11.6 Å². The molecule has 4 rings (SSSR count). The van der Waals surface area contributed by atoms with E-state index in [1.54, 1.807) is 13.3 Å². The van der Waals surface area contributed by atoms with Crippen molar-refractivity contribution >= 4 is 17.3 Å². The zero-order valence-corrected chi connectivity index (χ0v) is 19.8. The normalized spacial score (nSPS) is 21.4. The van der Waals surface area contributed by atoms with E-state index in [1.807, 2.05) is 12.1 Å². The number of halogens is 2. The average Bonchev–Trinajstić information content (AvgIpc) is 3.62. The Morgan fingerprint density at radius 3 is 2.67 bits per heavy atom. The van der Waals surface area contributed by atoms with E-state index < -0.39 is 5.82 Å². The third-order valence-corrected chi connectivity index (χ3v) is 7.15. The Morgan fingerprint density at radius 1 is 1.18 bits per heavy atom. The minimum Gasteiger partial charge on any atom is -0.383 e. The lowest BCUT2D eigenvalue weighted by Gasteiger charge is -2.29. The average molecular weight is 472 g/mol. The molecule has 0 spiro atoms. The lowest BCUT2D eigenvalue weighted by atomic mass is 9.83. The van der Waals surface area contributed by atoms with Gasteiger partial charge in [-0.25, -0.2) is 9.37 Å². The minimum absolute atomic E-state index is 0.251. The summed E-state index contributed by atoms with van der Waals surface area (Å²) in [4.78, 5) is 8.60. The number of aromatic nitrogens is 2. The number of nitrogens with zero attached hydrogens (tertiary/aromatic N) is 3. The van der Waals surface area contributed by atoms with Gasteiger partial charge in [-0.15, -0.1) is 0 Å². The summed E-state index contributed by atoms with van der Waals surface area (Å²) in [5.74, 6) is 0.125. The molecule has 2 fully saturated rings. The van der Waals surface area contributed by atoms with Crippen molar-refractivity contribution in [3.63, 3.8) is 0 Å². The third-order valence-electron chi connectivity index (χ3n) is 6.85. The van der Waals surface area contributed by atoms with E-state index in [0.717, 1.165) is 69.5 Å². The van der Waals surface area contributed by atoms with Crippen LogP contribution >= 0.6 is 11.6 Å². The first kappa shape index (κ1) is 23.9. The maximum Gasteiger partial charge on any atom is 0.149 e. The summed E-state index contributed by atoms with van der Waals surface area (Å²) in [6, 6.07) is 6.53. The molecule has 2 saturated carbocycles. The van der Waals surface area contributed by atoms with Gasteiger partial charge in [0.25, 0.3) is 0 Å². The van der Waals surface area contributed by atoms with Gasteiger partial charge >= 0.3 is 0 Å². The molecule has 0 radical (unpaired) electrons. The van der Waals surface area contributed by atoms with Crippen LogP contribution in [-0.4, -0.2) is 42.8 Å². The topological polar surface area (TPSA) is 82.9 Å². The van der Waals surface area contributed by atoms with Gasteiger partial charge in [0.05, 0.1) is 36.2 Å². The van der Waals surface area contributed by atoms with Crippen LogP contribution in [0.3, 0.4) is 0 Å². The first-order valence-corrected chi connectivity index (χ1v) is 12.1. The number of anilines is 1. The molecule has 33 heavy (non-hydrogen) atoms. The molecule has 6 nitrogen and oxygen atoms in total. The van der Waals surface area contributed by atoms with E-state index in [-0.39, 0.29) is 10.6 Å². The van der Waals surface area contributed by atoms with Crippen molar-refractivity contribution in [2.45, 2.75) is 51.0 Å². The number of hydrogen-bond acceptors (Lipinski definition) is 6. The predicted octanol–water partition coefficient (Wildman–Crippen LogP) is 4.99. The standard InChI is InChI=1S/C25H31ClFN5O/c1-33-9-8-29-18-4-2-17(3-5-18)10-19-11-21(23(27)14-30-19)22-12-20(13-31-24(22)26)32-16-25(15-28)6-7-25/h11-14,17-18,29,32H,2-10,16H2,1H3. The monoisotopic (exact) mass is 471 g/mol. The maximum absolute atomic E-state index is 14.8. The first-order chi connectivity index (χ1) is 16.0. The Bertz CT molecular complexity index is 999. The van der Waals surface area contributed by atoms with Crippen molar-refractivity contribution in [1.82, 2.24) is 15.3 Å². The van der Waals surface area contributed by atoms with Crippen LogP contribution in [0.5, 0.6) is 0 Å². The summed E-state index contributed by atoms with van der Waals surface area (Å²) in [6.07, 6.45) is 10.1. The quantitative estimate of drug-likeness (QED) is 0.375. The molecule has 0 atom stereocenters. The third kappa shape index (κ3) is 6.20. The first-order valence-electron chi connectivity index (χ1n) is 11.7. The van der Waals surface area contributed by atoms with Crippen LogP contribution in [0.2, 0.25) is 5.15 Å². The summed E-state index contributed by atoms with van der Waals surface area (Å²) in [7, 11) is 1.72. The molecule has 0 aromatic carbocycles. The number of pyridine rings is 2. The van der Waals surface area contributed by atoms with Crippen molar-refractivity contribution in [3.05, 3.63) is 41.2 Å². The summed E-state index contributed by atoms with van der Waals surface area (Å²) in [5, 5.41) is 16.3. The number of hydrogen-bond donors (Lipinski definition) is 2. The Hall–Kier alpha value is -2.27. The minimum atomic E-state index is -0.415. The molecule has 0 unspecified atom stereocenters. The zero-order chi connectivity index (χ0) is 23.3. The molecule has 176 valence electrons. The van der Waals surface area contributed by atoms with Gasteiger partial charge in [0, 0.05) is 43.1 Å². The van der Waals surface area contributed by atoms with Crippen LogP contribution in [0.1, 0.15) is 44.2 Å². The van der Waals surface area contributed by atoms with Crippen molar-refractivity contribution in [2.75, 3.05) is 32.1 Å². The van der Waals surface area contributed by atoms with E-state index in [4.69, 9.17) is 16.3 Å². The Kier molecular flexibility index (Phi) is 7.79. The fraction of sp³-hybridized carbons (Fsp3) is 0.560. The van der Waals surface area contributed by atoms with Crippen LogP contribution in [0.15, 0.2) is 24.5 Å². The van der Waals surface area contributed by atoms with Crippen molar-refractivity contribution in [2.24, 2.45) is 11.3 Å². The van der Waals surface area contributed by atoms with Crippen LogP contribution in [0.4, 0.5) is 10.1 Å². The largest absolute Gasteiger partial charge is 0.383 e. The van der Waals surface area contributed by atoms with Crippen molar-refractivity contribution in [1.29, 1.82) is 5.26 Å². The van der Waals surface area contributed by atoms with Crippen LogP contribution in [0, 0.1) is 28.5 Å². The lowest BCUT2D eigenvalue weighted by Crippen LogP contribution is -2.35. The molecule has 2 N–H and O–H groups in total. The van der Waals surface area contributed by atoms with Crippen LogP contribution < -0.4 is 10.6 Å². The number of nitrogens with one attached hydrogen (secondary N) is 2. The fourth-order valence-corrected chi connectivity index (χ4v) is 4.72. The highest BCUT2D eigenvalue weighted by Gasteiger charge is 2.42. The van der Waals surface area contributed by atoms with E-state index in [1.165, 1.54) is 6.20 Å². The van der Waals surface area contributed by atoms with Crippen molar-refractivity contribution in [3.8, 4) is 17.2 Å². The molecule has 2 aliphatic carbocycles. The molecule has 2 aromatic rings. The second-order valence-electron chi connectivity index (χ2n) is 9.33.